The predicted octanol–water partition coefficient (Wildman–Crippen LogP) is 4.45. The highest BCUT2D eigenvalue weighted by Gasteiger charge is 2.33. The number of hydrogen-bond donors (Lipinski definition) is 0. The summed E-state index contributed by atoms with van der Waals surface area (Å²) < 4.78 is 21.8. The topological polar surface area (TPSA) is 118 Å². The third-order valence-electron chi connectivity index (χ3n) is 6.55. The lowest BCUT2D eigenvalue weighted by atomic mass is 9.83. The summed E-state index contributed by atoms with van der Waals surface area (Å²) in [6.45, 7) is 2.48. The molecule has 0 spiro atoms. The van der Waals surface area contributed by atoms with Crippen LogP contribution in [-0.2, 0) is 41.9 Å². The number of carbonyl (C=O) groups excluding carboxylic acids is 4. The van der Waals surface area contributed by atoms with Crippen molar-refractivity contribution in [3.05, 3.63) is 53.3 Å². The maximum atomic E-state index is 12.7. The lowest BCUT2D eigenvalue weighted by Gasteiger charge is -2.22. The van der Waals surface area contributed by atoms with Gasteiger partial charge in [0, 0.05) is 38.4 Å². The number of Topliss-reactive ketones (excluding diaryl/α,β-unsaturated/α-hetero) is 2. The van der Waals surface area contributed by atoms with Gasteiger partial charge in [0.1, 0.15) is 30.7 Å². The van der Waals surface area contributed by atoms with E-state index in [0.717, 1.165) is 10.8 Å². The first-order valence-corrected chi connectivity index (χ1v) is 12.2. The van der Waals surface area contributed by atoms with E-state index in [-0.39, 0.29) is 24.8 Å². The standard InChI is InChI=1S/C29H29NO8/c1-16(31)37-14-20-10-19-12-26(35-3)27(36-4)13-21(19)28(22(20)15-38-17(2)32)18-8-9-30-23(11-18)29-24(33)6-5-7-25(29)34/h8-13,29H,5-7,14-15H2,1-4H3. The lowest BCUT2D eigenvalue weighted by Crippen LogP contribution is -2.27. The Balaban J connectivity index is 2.01. The molecular formula is C29H29NO8. The molecule has 0 atom stereocenters. The molecule has 0 bridgehead atoms. The van der Waals surface area contributed by atoms with Gasteiger partial charge in [-0.2, -0.15) is 0 Å². The molecule has 1 heterocycles. The molecule has 2 aromatic carbocycles. The van der Waals surface area contributed by atoms with Gasteiger partial charge in [-0.3, -0.25) is 24.2 Å². The number of carbonyl (C=O) groups is 4. The van der Waals surface area contributed by atoms with Gasteiger partial charge in [0.15, 0.2) is 11.5 Å². The minimum atomic E-state index is -0.911. The summed E-state index contributed by atoms with van der Waals surface area (Å²) in [6.07, 6.45) is 2.77. The zero-order valence-corrected chi connectivity index (χ0v) is 21.8. The summed E-state index contributed by atoms with van der Waals surface area (Å²) >= 11 is 0. The van der Waals surface area contributed by atoms with Crippen molar-refractivity contribution in [1.29, 1.82) is 0 Å². The van der Waals surface area contributed by atoms with Gasteiger partial charge in [-0.05, 0) is 64.2 Å². The SMILES string of the molecule is COc1cc2cc(COC(C)=O)c(COC(C)=O)c(-c3ccnc(C4C(=O)CCCC4=O)c3)c2cc1OC. The van der Waals surface area contributed by atoms with E-state index in [0.29, 0.717) is 58.7 Å². The van der Waals surface area contributed by atoms with Crippen LogP contribution in [0.5, 0.6) is 11.5 Å². The van der Waals surface area contributed by atoms with Crippen molar-refractivity contribution in [2.24, 2.45) is 0 Å². The number of methoxy groups -OCH3 is 2. The average molecular weight is 520 g/mol. The molecule has 4 rings (SSSR count). The molecule has 9 heteroatoms. The first kappa shape index (κ1) is 26.8. The minimum absolute atomic E-state index is 0.0548. The quantitative estimate of drug-likeness (QED) is 0.314. The van der Waals surface area contributed by atoms with Crippen LogP contribution in [0.15, 0.2) is 36.5 Å². The Labute approximate surface area is 220 Å². The third-order valence-corrected chi connectivity index (χ3v) is 6.55. The number of ether oxygens (including phenoxy) is 4. The summed E-state index contributed by atoms with van der Waals surface area (Å²) in [5.41, 5.74) is 2.94. The summed E-state index contributed by atoms with van der Waals surface area (Å²) in [5.74, 6) is -1.15. The van der Waals surface area contributed by atoms with Crippen LogP contribution < -0.4 is 9.47 Å². The van der Waals surface area contributed by atoms with Crippen LogP contribution in [0.25, 0.3) is 21.9 Å². The minimum Gasteiger partial charge on any atom is -0.493 e. The number of nitrogens with zero attached hydrogens (tertiary/aromatic N) is 1. The lowest BCUT2D eigenvalue weighted by molar-refractivity contribution is -0.143. The van der Waals surface area contributed by atoms with Gasteiger partial charge >= 0.3 is 11.9 Å². The monoisotopic (exact) mass is 519 g/mol. The van der Waals surface area contributed by atoms with Gasteiger partial charge in [-0.15, -0.1) is 0 Å². The maximum absolute atomic E-state index is 12.7. The van der Waals surface area contributed by atoms with Gasteiger partial charge in [-0.25, -0.2) is 0 Å². The molecule has 1 aliphatic carbocycles. The van der Waals surface area contributed by atoms with Gasteiger partial charge in [-0.1, -0.05) is 0 Å². The fourth-order valence-electron chi connectivity index (χ4n) is 4.80. The number of rotatable bonds is 8. The van der Waals surface area contributed by atoms with Crippen LogP contribution in [0.2, 0.25) is 0 Å². The number of fused-ring (bicyclic) bond motifs is 1. The van der Waals surface area contributed by atoms with E-state index in [1.807, 2.05) is 12.1 Å². The fourth-order valence-corrected chi connectivity index (χ4v) is 4.80. The third kappa shape index (κ3) is 5.51. The zero-order valence-electron chi connectivity index (χ0n) is 21.8. The predicted molar refractivity (Wildman–Crippen MR) is 138 cm³/mol. The Morgan fingerprint density at radius 1 is 0.895 bits per heavy atom. The number of ketones is 2. The van der Waals surface area contributed by atoms with Crippen molar-refractivity contribution in [2.45, 2.75) is 52.2 Å². The molecule has 198 valence electrons. The molecule has 0 amide bonds. The van der Waals surface area contributed by atoms with E-state index < -0.39 is 17.9 Å². The number of hydrogen-bond acceptors (Lipinski definition) is 9. The van der Waals surface area contributed by atoms with E-state index in [9.17, 15) is 19.2 Å². The molecule has 1 saturated carbocycles. The molecule has 1 aliphatic rings. The second kappa shape index (κ2) is 11.4. The van der Waals surface area contributed by atoms with Crippen molar-refractivity contribution in [2.75, 3.05) is 14.2 Å². The highest BCUT2D eigenvalue weighted by Crippen LogP contribution is 2.41. The van der Waals surface area contributed by atoms with Crippen LogP contribution in [0.1, 0.15) is 55.8 Å². The highest BCUT2D eigenvalue weighted by atomic mass is 16.5. The molecular weight excluding hydrogens is 490 g/mol. The summed E-state index contributed by atoms with van der Waals surface area (Å²) in [4.78, 5) is 53.2. The van der Waals surface area contributed by atoms with Crippen LogP contribution in [-0.4, -0.2) is 42.7 Å². The van der Waals surface area contributed by atoms with Crippen LogP contribution in [0, 0.1) is 0 Å². The number of pyridine rings is 1. The van der Waals surface area contributed by atoms with Crippen LogP contribution in [0.3, 0.4) is 0 Å². The second-order valence-corrected chi connectivity index (χ2v) is 9.07. The van der Waals surface area contributed by atoms with Gasteiger partial charge < -0.3 is 18.9 Å². The largest absolute Gasteiger partial charge is 0.493 e. The molecule has 1 fully saturated rings. The molecule has 0 saturated heterocycles. The molecule has 9 nitrogen and oxygen atoms in total. The van der Waals surface area contributed by atoms with E-state index in [2.05, 4.69) is 4.98 Å². The van der Waals surface area contributed by atoms with Crippen molar-refractivity contribution < 1.29 is 38.1 Å². The summed E-state index contributed by atoms with van der Waals surface area (Å²) in [5, 5.41) is 1.50. The number of aromatic nitrogens is 1. The van der Waals surface area contributed by atoms with E-state index >= 15 is 0 Å². The smallest absolute Gasteiger partial charge is 0.302 e. The molecule has 0 aliphatic heterocycles. The summed E-state index contributed by atoms with van der Waals surface area (Å²) in [7, 11) is 3.07. The van der Waals surface area contributed by atoms with Gasteiger partial charge in [0.2, 0.25) is 0 Å². The second-order valence-electron chi connectivity index (χ2n) is 9.07. The van der Waals surface area contributed by atoms with Gasteiger partial charge in [0.25, 0.3) is 0 Å². The normalized spacial score (nSPS) is 13.9. The first-order valence-electron chi connectivity index (χ1n) is 12.2. The average Bonchev–Trinajstić information content (AvgIpc) is 2.89. The Hall–Kier alpha value is -4.27. The Morgan fingerprint density at radius 3 is 2.16 bits per heavy atom. The van der Waals surface area contributed by atoms with E-state index in [4.69, 9.17) is 18.9 Å². The zero-order chi connectivity index (χ0) is 27.4. The molecule has 1 aromatic heterocycles. The highest BCUT2D eigenvalue weighted by molar-refractivity contribution is 6.09. The molecule has 0 N–H and O–H groups in total. The van der Waals surface area contributed by atoms with Crippen LogP contribution >= 0.6 is 0 Å². The number of benzene rings is 2. The van der Waals surface area contributed by atoms with E-state index in [1.165, 1.54) is 28.1 Å². The molecule has 3 aromatic rings. The fraction of sp³-hybridized carbons (Fsp3) is 0.345. The maximum Gasteiger partial charge on any atom is 0.302 e. The van der Waals surface area contributed by atoms with Crippen molar-refractivity contribution in [1.82, 2.24) is 4.98 Å². The first-order chi connectivity index (χ1) is 18.2. The van der Waals surface area contributed by atoms with Crippen LogP contribution in [0.4, 0.5) is 0 Å². The van der Waals surface area contributed by atoms with Crippen molar-refractivity contribution >= 4 is 34.3 Å². The number of esters is 2. The van der Waals surface area contributed by atoms with Gasteiger partial charge in [0.05, 0.1) is 19.9 Å². The van der Waals surface area contributed by atoms with Crippen molar-refractivity contribution in [3.63, 3.8) is 0 Å². The molecule has 0 unspecified atom stereocenters. The van der Waals surface area contributed by atoms with Crippen molar-refractivity contribution in [3.8, 4) is 22.6 Å². The molecule has 0 radical (unpaired) electrons. The Morgan fingerprint density at radius 2 is 1.53 bits per heavy atom. The van der Waals surface area contributed by atoms with E-state index in [1.54, 1.807) is 24.4 Å². The Kier molecular flexibility index (Phi) is 8.05. The molecule has 38 heavy (non-hydrogen) atoms. The summed E-state index contributed by atoms with van der Waals surface area (Å²) in [6, 6.07) is 8.96. The Bertz CT molecular complexity index is 1410.